The highest BCUT2D eigenvalue weighted by Gasteiger charge is 2.06. The summed E-state index contributed by atoms with van der Waals surface area (Å²) in [5.74, 6) is 0.792. The van der Waals surface area contributed by atoms with Gasteiger partial charge in [-0.2, -0.15) is 0 Å². The van der Waals surface area contributed by atoms with E-state index in [2.05, 4.69) is 25.9 Å². The molecule has 0 N–H and O–H groups in total. The fraction of sp³-hybridized carbons (Fsp3) is 0.167. The fourth-order valence-electron chi connectivity index (χ4n) is 1.43. The smallest absolute Gasteiger partial charge is 0.130 e. The molecule has 2 nitrogen and oxygen atoms in total. The average Bonchev–Trinajstić information content (AvgIpc) is 2.32. The molecule has 2 rings (SSSR count). The van der Waals surface area contributed by atoms with Crippen LogP contribution in [0.3, 0.4) is 0 Å². The summed E-state index contributed by atoms with van der Waals surface area (Å²) in [4.78, 5) is 8.71. The highest BCUT2D eigenvalue weighted by atomic mass is 79.9. The summed E-state index contributed by atoms with van der Waals surface area (Å²) in [5, 5.41) is 1.07. The fourth-order valence-corrected chi connectivity index (χ4v) is 2.15. The first kappa shape index (κ1) is 12.8. The number of aryl methyl sites for hydroxylation is 1. The summed E-state index contributed by atoms with van der Waals surface area (Å²) in [7, 11) is 0. The SMILES string of the molecule is CCc1nc(Br)cc(-c2ccc(Cl)c(Cl)c2)n1. The Bertz CT molecular complexity index is 558. The third-order valence-electron chi connectivity index (χ3n) is 2.27. The standard InChI is InChI=1S/C12H9BrCl2N2/c1-2-12-16-10(6-11(13)17-12)7-3-4-8(14)9(15)5-7/h3-6H,2H2,1H3. The summed E-state index contributed by atoms with van der Waals surface area (Å²) in [6.07, 6.45) is 0.785. The molecule has 0 aliphatic rings. The maximum absolute atomic E-state index is 5.99. The van der Waals surface area contributed by atoms with E-state index in [1.165, 1.54) is 0 Å². The lowest BCUT2D eigenvalue weighted by Gasteiger charge is -2.05. The van der Waals surface area contributed by atoms with E-state index in [0.29, 0.717) is 10.0 Å². The van der Waals surface area contributed by atoms with Crippen molar-refractivity contribution in [2.75, 3.05) is 0 Å². The second kappa shape index (κ2) is 5.34. The Hall–Kier alpha value is -0.640. The van der Waals surface area contributed by atoms with Gasteiger partial charge in [0, 0.05) is 12.0 Å². The zero-order chi connectivity index (χ0) is 12.4. The van der Waals surface area contributed by atoms with Crippen molar-refractivity contribution in [2.45, 2.75) is 13.3 Å². The van der Waals surface area contributed by atoms with Crippen molar-refractivity contribution in [3.05, 3.63) is 44.7 Å². The van der Waals surface area contributed by atoms with Gasteiger partial charge in [0.1, 0.15) is 10.4 Å². The van der Waals surface area contributed by atoms with E-state index < -0.39 is 0 Å². The van der Waals surface area contributed by atoms with Crippen molar-refractivity contribution >= 4 is 39.1 Å². The average molecular weight is 332 g/mol. The van der Waals surface area contributed by atoms with Crippen molar-refractivity contribution < 1.29 is 0 Å². The number of aromatic nitrogens is 2. The van der Waals surface area contributed by atoms with Gasteiger partial charge in [-0.05, 0) is 34.1 Å². The van der Waals surface area contributed by atoms with Gasteiger partial charge in [0.25, 0.3) is 0 Å². The van der Waals surface area contributed by atoms with Crippen molar-refractivity contribution in [1.29, 1.82) is 0 Å². The van der Waals surface area contributed by atoms with Gasteiger partial charge in [0.05, 0.1) is 15.7 Å². The Balaban J connectivity index is 2.52. The van der Waals surface area contributed by atoms with Crippen LogP contribution in [0.25, 0.3) is 11.3 Å². The Labute approximate surface area is 118 Å². The molecule has 17 heavy (non-hydrogen) atoms. The van der Waals surface area contributed by atoms with Gasteiger partial charge in [0.15, 0.2) is 0 Å². The summed E-state index contributed by atoms with van der Waals surface area (Å²) in [5.41, 5.74) is 1.76. The maximum atomic E-state index is 5.99. The Morgan fingerprint density at radius 2 is 1.88 bits per heavy atom. The molecule has 0 radical (unpaired) electrons. The number of hydrogen-bond donors (Lipinski definition) is 0. The molecule has 0 unspecified atom stereocenters. The van der Waals surface area contributed by atoms with Gasteiger partial charge < -0.3 is 0 Å². The monoisotopic (exact) mass is 330 g/mol. The second-order valence-corrected chi connectivity index (χ2v) is 5.10. The van der Waals surface area contributed by atoms with Gasteiger partial charge in [-0.3, -0.25) is 0 Å². The van der Waals surface area contributed by atoms with Gasteiger partial charge in [-0.25, -0.2) is 9.97 Å². The minimum Gasteiger partial charge on any atom is -0.233 e. The third-order valence-corrected chi connectivity index (χ3v) is 3.42. The molecule has 0 aliphatic heterocycles. The molecule has 0 atom stereocenters. The van der Waals surface area contributed by atoms with Crippen LogP contribution in [-0.4, -0.2) is 9.97 Å². The molecule has 0 aliphatic carbocycles. The minimum atomic E-state index is 0.525. The van der Waals surface area contributed by atoms with E-state index in [9.17, 15) is 0 Å². The largest absolute Gasteiger partial charge is 0.233 e. The Morgan fingerprint density at radius 3 is 2.53 bits per heavy atom. The van der Waals surface area contributed by atoms with Crippen LogP contribution in [0.15, 0.2) is 28.9 Å². The first-order valence-corrected chi connectivity index (χ1v) is 6.64. The molecule has 1 heterocycles. The molecule has 2 aromatic rings. The van der Waals surface area contributed by atoms with Crippen molar-refractivity contribution in [1.82, 2.24) is 9.97 Å². The van der Waals surface area contributed by atoms with Crippen LogP contribution in [0.4, 0.5) is 0 Å². The predicted molar refractivity (Wildman–Crippen MR) is 74.6 cm³/mol. The van der Waals surface area contributed by atoms with Gasteiger partial charge >= 0.3 is 0 Å². The molecule has 0 saturated heterocycles. The first-order valence-electron chi connectivity index (χ1n) is 5.09. The lowest BCUT2D eigenvalue weighted by Crippen LogP contribution is -1.95. The molecule has 0 amide bonds. The van der Waals surface area contributed by atoms with Crippen LogP contribution in [0, 0.1) is 0 Å². The topological polar surface area (TPSA) is 25.8 Å². The maximum Gasteiger partial charge on any atom is 0.130 e. The third kappa shape index (κ3) is 2.97. The van der Waals surface area contributed by atoms with Gasteiger partial charge in [-0.15, -0.1) is 0 Å². The van der Waals surface area contributed by atoms with E-state index in [0.717, 1.165) is 28.1 Å². The van der Waals surface area contributed by atoms with E-state index in [1.54, 1.807) is 12.1 Å². The molecule has 88 valence electrons. The van der Waals surface area contributed by atoms with E-state index >= 15 is 0 Å². The van der Waals surface area contributed by atoms with Crippen molar-refractivity contribution in [3.8, 4) is 11.3 Å². The minimum absolute atomic E-state index is 0.525. The molecule has 0 saturated carbocycles. The molecule has 0 spiro atoms. The molecule has 0 fully saturated rings. The number of hydrogen-bond acceptors (Lipinski definition) is 2. The van der Waals surface area contributed by atoms with E-state index in [1.807, 2.05) is 19.1 Å². The highest BCUT2D eigenvalue weighted by molar-refractivity contribution is 9.10. The molecule has 1 aromatic carbocycles. The molecule has 0 bridgehead atoms. The van der Waals surface area contributed by atoms with E-state index in [-0.39, 0.29) is 0 Å². The lowest BCUT2D eigenvalue weighted by molar-refractivity contribution is 0.931. The summed E-state index contributed by atoms with van der Waals surface area (Å²) < 4.78 is 0.769. The first-order chi connectivity index (χ1) is 8.10. The number of halogens is 3. The molecule has 1 aromatic heterocycles. The zero-order valence-electron chi connectivity index (χ0n) is 9.04. The zero-order valence-corrected chi connectivity index (χ0v) is 12.1. The summed E-state index contributed by atoms with van der Waals surface area (Å²) >= 11 is 15.2. The van der Waals surface area contributed by atoms with Crippen LogP contribution in [0.5, 0.6) is 0 Å². The number of benzene rings is 1. The van der Waals surface area contributed by atoms with Crippen LogP contribution < -0.4 is 0 Å². The van der Waals surface area contributed by atoms with E-state index in [4.69, 9.17) is 23.2 Å². The normalized spacial score (nSPS) is 10.6. The quantitative estimate of drug-likeness (QED) is 0.740. The Morgan fingerprint density at radius 1 is 1.12 bits per heavy atom. The van der Waals surface area contributed by atoms with Gasteiger partial charge in [0.2, 0.25) is 0 Å². The highest BCUT2D eigenvalue weighted by Crippen LogP contribution is 2.28. The second-order valence-electron chi connectivity index (χ2n) is 3.47. The Kier molecular flexibility index (Phi) is 4.02. The van der Waals surface area contributed by atoms with Crippen LogP contribution in [0.1, 0.15) is 12.7 Å². The predicted octanol–water partition coefficient (Wildman–Crippen LogP) is 4.78. The van der Waals surface area contributed by atoms with Crippen LogP contribution in [-0.2, 0) is 6.42 Å². The van der Waals surface area contributed by atoms with Crippen molar-refractivity contribution in [2.24, 2.45) is 0 Å². The number of rotatable bonds is 2. The summed E-state index contributed by atoms with van der Waals surface area (Å²) in [6.45, 7) is 2.01. The van der Waals surface area contributed by atoms with Gasteiger partial charge in [-0.1, -0.05) is 36.2 Å². The van der Waals surface area contributed by atoms with Crippen LogP contribution >= 0.6 is 39.1 Å². The summed E-state index contributed by atoms with van der Waals surface area (Å²) in [6, 6.07) is 7.32. The van der Waals surface area contributed by atoms with Crippen LogP contribution in [0.2, 0.25) is 10.0 Å². The lowest BCUT2D eigenvalue weighted by atomic mass is 10.1. The number of nitrogens with zero attached hydrogens (tertiary/aromatic N) is 2. The van der Waals surface area contributed by atoms with Crippen molar-refractivity contribution in [3.63, 3.8) is 0 Å². The molecular weight excluding hydrogens is 323 g/mol. The molecular formula is C12H9BrCl2N2. The molecule has 5 heteroatoms.